The summed E-state index contributed by atoms with van der Waals surface area (Å²) in [5, 5.41) is 23.3. The number of rotatable bonds is 4. The highest BCUT2D eigenvalue weighted by atomic mass is 32.1. The van der Waals surface area contributed by atoms with Crippen LogP contribution in [-0.4, -0.2) is 15.1 Å². The second-order valence-corrected chi connectivity index (χ2v) is 5.84. The number of anilines is 2. The van der Waals surface area contributed by atoms with E-state index in [1.165, 1.54) is 17.4 Å². The monoisotopic (exact) mass is 304 g/mol. The lowest BCUT2D eigenvalue weighted by Gasteiger charge is -1.99. The lowest BCUT2D eigenvalue weighted by Crippen LogP contribution is -1.87. The Morgan fingerprint density at radius 3 is 2.55 bits per heavy atom. The lowest BCUT2D eigenvalue weighted by atomic mass is 10.3. The van der Waals surface area contributed by atoms with Crippen LogP contribution in [0.15, 0.2) is 42.5 Å². The van der Waals surface area contributed by atoms with Gasteiger partial charge >= 0.3 is 5.00 Å². The topological polar surface area (TPSA) is 81.0 Å². The number of benzene rings is 1. The molecular formula is C12H8N4O2S2. The molecule has 1 aromatic carbocycles. The Balaban J connectivity index is 1.81. The molecule has 0 spiro atoms. The molecule has 0 radical (unpaired) electrons. The van der Waals surface area contributed by atoms with Crippen LogP contribution in [0, 0.1) is 10.1 Å². The van der Waals surface area contributed by atoms with E-state index in [1.807, 2.05) is 30.3 Å². The number of hydrogen-bond donors (Lipinski definition) is 1. The maximum absolute atomic E-state index is 10.7. The SMILES string of the molecule is O=[N+]([O-])c1ccc(-c2nnc(Nc3ccccc3)s2)s1. The first-order valence-electron chi connectivity index (χ1n) is 5.62. The Hall–Kier alpha value is -2.32. The smallest absolute Gasteiger partial charge is 0.324 e. The van der Waals surface area contributed by atoms with Gasteiger partial charge in [-0.1, -0.05) is 40.9 Å². The lowest BCUT2D eigenvalue weighted by molar-refractivity contribution is -0.380. The van der Waals surface area contributed by atoms with Crippen LogP contribution in [0.5, 0.6) is 0 Å². The molecule has 0 amide bonds. The standard InChI is InChI=1S/C12H8N4O2S2/c17-16(18)10-7-6-9(19-10)11-14-15-12(20-11)13-8-4-2-1-3-5-8/h1-7H,(H,13,15). The second-order valence-electron chi connectivity index (χ2n) is 3.80. The molecule has 100 valence electrons. The second kappa shape index (κ2) is 5.35. The van der Waals surface area contributed by atoms with Gasteiger partial charge in [-0.2, -0.15) is 0 Å². The first kappa shape index (κ1) is 12.7. The molecule has 0 unspecified atom stereocenters. The molecule has 0 fully saturated rings. The summed E-state index contributed by atoms with van der Waals surface area (Å²) in [6.45, 7) is 0. The third kappa shape index (κ3) is 2.65. The summed E-state index contributed by atoms with van der Waals surface area (Å²) in [6.07, 6.45) is 0. The van der Waals surface area contributed by atoms with Crippen molar-refractivity contribution in [3.05, 3.63) is 52.6 Å². The van der Waals surface area contributed by atoms with Crippen molar-refractivity contribution in [2.75, 3.05) is 5.32 Å². The molecule has 0 aliphatic carbocycles. The Morgan fingerprint density at radius 1 is 1.05 bits per heavy atom. The van der Waals surface area contributed by atoms with E-state index in [0.29, 0.717) is 10.1 Å². The number of aromatic nitrogens is 2. The van der Waals surface area contributed by atoms with Crippen LogP contribution in [0.1, 0.15) is 0 Å². The fraction of sp³-hybridized carbons (Fsp3) is 0. The van der Waals surface area contributed by atoms with Crippen molar-refractivity contribution in [1.82, 2.24) is 10.2 Å². The fourth-order valence-corrected chi connectivity index (χ4v) is 3.19. The summed E-state index contributed by atoms with van der Waals surface area (Å²) >= 11 is 2.46. The van der Waals surface area contributed by atoms with E-state index in [0.717, 1.165) is 21.9 Å². The highest BCUT2D eigenvalue weighted by Crippen LogP contribution is 2.35. The van der Waals surface area contributed by atoms with Crippen molar-refractivity contribution >= 4 is 38.5 Å². The van der Waals surface area contributed by atoms with Crippen LogP contribution in [0.2, 0.25) is 0 Å². The van der Waals surface area contributed by atoms with Gasteiger partial charge in [-0.15, -0.1) is 10.2 Å². The summed E-state index contributed by atoms with van der Waals surface area (Å²) in [4.78, 5) is 11.0. The highest BCUT2D eigenvalue weighted by molar-refractivity contribution is 7.24. The molecule has 20 heavy (non-hydrogen) atoms. The number of hydrogen-bond acceptors (Lipinski definition) is 7. The predicted molar refractivity (Wildman–Crippen MR) is 79.6 cm³/mol. The van der Waals surface area contributed by atoms with Crippen molar-refractivity contribution < 1.29 is 4.92 Å². The van der Waals surface area contributed by atoms with Gasteiger partial charge in [0.2, 0.25) is 5.13 Å². The van der Waals surface area contributed by atoms with Gasteiger partial charge in [0.05, 0.1) is 9.80 Å². The number of nitrogens with one attached hydrogen (secondary N) is 1. The number of para-hydroxylation sites is 1. The van der Waals surface area contributed by atoms with Gasteiger partial charge in [0.1, 0.15) is 0 Å². The van der Waals surface area contributed by atoms with Gasteiger partial charge in [0.15, 0.2) is 5.01 Å². The van der Waals surface area contributed by atoms with Crippen molar-refractivity contribution in [1.29, 1.82) is 0 Å². The van der Waals surface area contributed by atoms with E-state index >= 15 is 0 Å². The van der Waals surface area contributed by atoms with Crippen molar-refractivity contribution in [2.45, 2.75) is 0 Å². The van der Waals surface area contributed by atoms with Gasteiger partial charge in [0, 0.05) is 11.8 Å². The average molecular weight is 304 g/mol. The molecule has 8 heteroatoms. The van der Waals surface area contributed by atoms with E-state index < -0.39 is 4.92 Å². The van der Waals surface area contributed by atoms with Crippen LogP contribution < -0.4 is 5.32 Å². The first-order valence-corrected chi connectivity index (χ1v) is 7.26. The van der Waals surface area contributed by atoms with E-state index in [-0.39, 0.29) is 5.00 Å². The number of nitrogens with zero attached hydrogens (tertiary/aromatic N) is 3. The highest BCUT2D eigenvalue weighted by Gasteiger charge is 2.14. The molecule has 0 saturated carbocycles. The van der Waals surface area contributed by atoms with Crippen molar-refractivity contribution in [3.8, 4) is 9.88 Å². The maximum Gasteiger partial charge on any atom is 0.324 e. The van der Waals surface area contributed by atoms with E-state index in [2.05, 4.69) is 15.5 Å². The van der Waals surface area contributed by atoms with Crippen LogP contribution in [0.4, 0.5) is 15.8 Å². The fourth-order valence-electron chi connectivity index (χ4n) is 1.56. The van der Waals surface area contributed by atoms with E-state index in [4.69, 9.17) is 0 Å². The predicted octanol–water partition coefficient (Wildman–Crippen LogP) is 3.92. The minimum Gasteiger partial charge on any atom is -0.330 e. The zero-order valence-corrected chi connectivity index (χ0v) is 11.6. The maximum atomic E-state index is 10.7. The molecule has 0 aliphatic heterocycles. The minimum absolute atomic E-state index is 0.104. The third-order valence-electron chi connectivity index (χ3n) is 2.43. The normalized spacial score (nSPS) is 10.4. The van der Waals surface area contributed by atoms with Gasteiger partial charge in [-0.25, -0.2) is 0 Å². The van der Waals surface area contributed by atoms with Crippen LogP contribution in [0.25, 0.3) is 9.88 Å². The van der Waals surface area contributed by atoms with Crippen LogP contribution in [0.3, 0.4) is 0 Å². The summed E-state index contributed by atoms with van der Waals surface area (Å²) in [5.74, 6) is 0. The molecule has 3 aromatic rings. The summed E-state index contributed by atoms with van der Waals surface area (Å²) in [7, 11) is 0. The molecule has 1 N–H and O–H groups in total. The summed E-state index contributed by atoms with van der Waals surface area (Å²) in [6, 6.07) is 12.8. The Morgan fingerprint density at radius 2 is 1.85 bits per heavy atom. The summed E-state index contributed by atoms with van der Waals surface area (Å²) < 4.78 is 0. The number of thiophene rings is 1. The van der Waals surface area contributed by atoms with Crippen molar-refractivity contribution in [2.24, 2.45) is 0 Å². The van der Waals surface area contributed by atoms with Gasteiger partial charge in [-0.3, -0.25) is 10.1 Å². The molecule has 0 aliphatic rings. The molecular weight excluding hydrogens is 296 g/mol. The quantitative estimate of drug-likeness (QED) is 0.583. The van der Waals surface area contributed by atoms with E-state index in [9.17, 15) is 10.1 Å². The van der Waals surface area contributed by atoms with E-state index in [1.54, 1.807) is 6.07 Å². The molecule has 3 rings (SSSR count). The minimum atomic E-state index is -0.404. The molecule has 2 aromatic heterocycles. The average Bonchev–Trinajstić information content (AvgIpc) is 3.08. The summed E-state index contributed by atoms with van der Waals surface area (Å²) in [5.41, 5.74) is 0.923. The molecule has 0 bridgehead atoms. The van der Waals surface area contributed by atoms with Gasteiger partial charge in [0.25, 0.3) is 0 Å². The molecule has 0 atom stereocenters. The zero-order valence-electron chi connectivity index (χ0n) is 10.0. The van der Waals surface area contributed by atoms with Gasteiger partial charge < -0.3 is 5.32 Å². The number of nitro groups is 1. The largest absolute Gasteiger partial charge is 0.330 e. The van der Waals surface area contributed by atoms with Gasteiger partial charge in [-0.05, 0) is 18.2 Å². The molecule has 0 saturated heterocycles. The Kier molecular flexibility index (Phi) is 3.40. The third-order valence-corrected chi connectivity index (χ3v) is 4.48. The van der Waals surface area contributed by atoms with Crippen LogP contribution in [-0.2, 0) is 0 Å². The molecule has 2 heterocycles. The van der Waals surface area contributed by atoms with Crippen molar-refractivity contribution in [3.63, 3.8) is 0 Å². The molecule has 6 nitrogen and oxygen atoms in total. The Bertz CT molecular complexity index is 739. The Labute approximate surface area is 121 Å². The zero-order chi connectivity index (χ0) is 13.9. The first-order chi connectivity index (χ1) is 9.72. The van der Waals surface area contributed by atoms with Crippen LogP contribution >= 0.6 is 22.7 Å².